The number of ether oxygens (including phenoxy) is 2. The Morgan fingerprint density at radius 2 is 1.70 bits per heavy atom. The molecule has 2 aromatic carbocycles. The lowest BCUT2D eigenvalue weighted by Crippen LogP contribution is -2.02. The van der Waals surface area contributed by atoms with Gasteiger partial charge in [0, 0.05) is 17.8 Å². The van der Waals surface area contributed by atoms with Gasteiger partial charge in [0.2, 0.25) is 0 Å². The Morgan fingerprint density at radius 3 is 2.35 bits per heavy atom. The Labute approximate surface area is 128 Å². The Balaban J connectivity index is 2.12. The minimum Gasteiger partial charge on any atom is -0.496 e. The minimum atomic E-state index is 0.712. The third kappa shape index (κ3) is 3.45. The van der Waals surface area contributed by atoms with Gasteiger partial charge in [0.1, 0.15) is 11.5 Å². The molecular weight excluding hydrogens is 318 g/mol. The van der Waals surface area contributed by atoms with E-state index in [1.54, 1.807) is 14.2 Å². The lowest BCUT2D eigenvalue weighted by atomic mass is 10.1. The molecule has 0 saturated heterocycles. The fourth-order valence-electron chi connectivity index (χ4n) is 2.02. The van der Waals surface area contributed by atoms with Crippen LogP contribution in [0.1, 0.15) is 11.1 Å². The van der Waals surface area contributed by atoms with E-state index in [9.17, 15) is 0 Å². The van der Waals surface area contributed by atoms with Crippen molar-refractivity contribution in [2.75, 3.05) is 19.5 Å². The van der Waals surface area contributed by atoms with Gasteiger partial charge in [0.25, 0.3) is 0 Å². The average Bonchev–Trinajstić information content (AvgIpc) is 2.45. The van der Waals surface area contributed by atoms with E-state index in [4.69, 9.17) is 9.47 Å². The number of nitrogens with one attached hydrogen (secondary N) is 1. The second-order valence-electron chi connectivity index (χ2n) is 4.52. The molecule has 0 aliphatic carbocycles. The number of hydrogen-bond acceptors (Lipinski definition) is 3. The molecule has 2 aromatic rings. The van der Waals surface area contributed by atoms with E-state index in [2.05, 4.69) is 34.2 Å². The van der Waals surface area contributed by atoms with Crippen molar-refractivity contribution in [3.05, 3.63) is 52.0 Å². The minimum absolute atomic E-state index is 0.712. The van der Waals surface area contributed by atoms with E-state index in [-0.39, 0.29) is 0 Å². The molecule has 0 saturated carbocycles. The highest BCUT2D eigenvalue weighted by Crippen LogP contribution is 2.28. The molecule has 0 unspecified atom stereocenters. The summed E-state index contributed by atoms with van der Waals surface area (Å²) in [6.07, 6.45) is 0. The average molecular weight is 336 g/mol. The maximum atomic E-state index is 5.38. The van der Waals surface area contributed by atoms with Gasteiger partial charge < -0.3 is 14.8 Å². The van der Waals surface area contributed by atoms with E-state index in [1.165, 1.54) is 5.56 Å². The van der Waals surface area contributed by atoms with Crippen LogP contribution >= 0.6 is 15.9 Å². The number of anilines is 1. The number of hydrogen-bond donors (Lipinski definition) is 1. The number of aryl methyl sites for hydroxylation is 1. The maximum absolute atomic E-state index is 5.38. The SMILES string of the molecule is COc1ccc(NCc2cc(C)ccc2OC)cc1Br. The smallest absolute Gasteiger partial charge is 0.133 e. The third-order valence-corrected chi connectivity index (χ3v) is 3.69. The van der Waals surface area contributed by atoms with E-state index < -0.39 is 0 Å². The van der Waals surface area contributed by atoms with Crippen molar-refractivity contribution in [1.82, 2.24) is 0 Å². The van der Waals surface area contributed by atoms with Gasteiger partial charge >= 0.3 is 0 Å². The largest absolute Gasteiger partial charge is 0.496 e. The molecule has 0 aliphatic heterocycles. The van der Waals surface area contributed by atoms with Crippen molar-refractivity contribution in [3.63, 3.8) is 0 Å². The van der Waals surface area contributed by atoms with Crippen molar-refractivity contribution in [2.45, 2.75) is 13.5 Å². The molecule has 0 spiro atoms. The number of halogens is 1. The van der Waals surface area contributed by atoms with Gasteiger partial charge in [-0.2, -0.15) is 0 Å². The van der Waals surface area contributed by atoms with Gasteiger partial charge in [-0.05, 0) is 47.1 Å². The van der Waals surface area contributed by atoms with E-state index in [1.807, 2.05) is 30.3 Å². The molecule has 0 aromatic heterocycles. The predicted molar refractivity (Wildman–Crippen MR) is 85.8 cm³/mol. The third-order valence-electron chi connectivity index (χ3n) is 3.07. The summed E-state index contributed by atoms with van der Waals surface area (Å²) >= 11 is 3.48. The molecule has 0 heterocycles. The summed E-state index contributed by atoms with van der Waals surface area (Å²) < 4.78 is 11.5. The normalized spacial score (nSPS) is 10.2. The van der Waals surface area contributed by atoms with Crippen LogP contribution in [0, 0.1) is 6.92 Å². The lowest BCUT2D eigenvalue weighted by Gasteiger charge is -2.12. The molecule has 0 radical (unpaired) electrons. The number of rotatable bonds is 5. The molecule has 0 amide bonds. The topological polar surface area (TPSA) is 30.5 Å². The second kappa shape index (κ2) is 6.66. The van der Waals surface area contributed by atoms with E-state index in [0.29, 0.717) is 6.54 Å². The Hall–Kier alpha value is -1.68. The highest BCUT2D eigenvalue weighted by molar-refractivity contribution is 9.10. The van der Waals surface area contributed by atoms with Gasteiger partial charge in [0.15, 0.2) is 0 Å². The monoisotopic (exact) mass is 335 g/mol. The molecule has 0 aliphatic rings. The summed E-state index contributed by atoms with van der Waals surface area (Å²) in [4.78, 5) is 0. The highest BCUT2D eigenvalue weighted by Gasteiger charge is 2.05. The van der Waals surface area contributed by atoms with Crippen LogP contribution in [0.25, 0.3) is 0 Å². The second-order valence-corrected chi connectivity index (χ2v) is 5.37. The van der Waals surface area contributed by atoms with Gasteiger partial charge in [0.05, 0.1) is 18.7 Å². The summed E-state index contributed by atoms with van der Waals surface area (Å²) in [5.74, 6) is 1.72. The summed E-state index contributed by atoms with van der Waals surface area (Å²) in [7, 11) is 3.35. The summed E-state index contributed by atoms with van der Waals surface area (Å²) in [6, 6.07) is 12.1. The van der Waals surface area contributed by atoms with E-state index in [0.717, 1.165) is 27.2 Å². The lowest BCUT2D eigenvalue weighted by molar-refractivity contribution is 0.410. The highest BCUT2D eigenvalue weighted by atomic mass is 79.9. The zero-order chi connectivity index (χ0) is 14.5. The Kier molecular flexibility index (Phi) is 4.90. The summed E-state index contributed by atoms with van der Waals surface area (Å²) in [5.41, 5.74) is 3.39. The predicted octanol–water partition coefficient (Wildman–Crippen LogP) is 4.39. The van der Waals surface area contributed by atoms with Gasteiger partial charge in [-0.25, -0.2) is 0 Å². The zero-order valence-electron chi connectivity index (χ0n) is 11.9. The molecule has 0 fully saturated rings. The van der Waals surface area contributed by atoms with Crippen LogP contribution in [-0.4, -0.2) is 14.2 Å². The fourth-order valence-corrected chi connectivity index (χ4v) is 2.56. The van der Waals surface area contributed by atoms with Crippen molar-refractivity contribution in [3.8, 4) is 11.5 Å². The Bertz CT molecular complexity index is 599. The van der Waals surface area contributed by atoms with E-state index >= 15 is 0 Å². The molecule has 0 atom stereocenters. The van der Waals surface area contributed by atoms with Gasteiger partial charge in [-0.15, -0.1) is 0 Å². The first kappa shape index (κ1) is 14.7. The first-order valence-electron chi connectivity index (χ1n) is 6.35. The molecule has 3 nitrogen and oxygen atoms in total. The number of methoxy groups -OCH3 is 2. The maximum Gasteiger partial charge on any atom is 0.133 e. The van der Waals surface area contributed by atoms with Crippen molar-refractivity contribution in [2.24, 2.45) is 0 Å². The molecule has 20 heavy (non-hydrogen) atoms. The molecule has 106 valence electrons. The molecule has 0 bridgehead atoms. The zero-order valence-corrected chi connectivity index (χ0v) is 13.5. The first-order chi connectivity index (χ1) is 9.63. The summed E-state index contributed by atoms with van der Waals surface area (Å²) in [6.45, 7) is 2.79. The van der Waals surface area contributed by atoms with Crippen LogP contribution in [0.4, 0.5) is 5.69 Å². The molecule has 2 rings (SSSR count). The summed E-state index contributed by atoms with van der Waals surface area (Å²) in [5, 5.41) is 3.39. The number of benzene rings is 2. The van der Waals surface area contributed by atoms with Gasteiger partial charge in [-0.1, -0.05) is 17.7 Å². The van der Waals surface area contributed by atoms with Crippen LogP contribution in [0.15, 0.2) is 40.9 Å². The van der Waals surface area contributed by atoms with Crippen LogP contribution in [0.2, 0.25) is 0 Å². The molecule has 1 N–H and O–H groups in total. The first-order valence-corrected chi connectivity index (χ1v) is 7.14. The van der Waals surface area contributed by atoms with Crippen LogP contribution in [0.3, 0.4) is 0 Å². The van der Waals surface area contributed by atoms with Crippen molar-refractivity contribution in [1.29, 1.82) is 0 Å². The van der Waals surface area contributed by atoms with Crippen LogP contribution in [0.5, 0.6) is 11.5 Å². The van der Waals surface area contributed by atoms with Crippen LogP contribution in [-0.2, 0) is 6.54 Å². The van der Waals surface area contributed by atoms with Crippen molar-refractivity contribution < 1.29 is 9.47 Å². The van der Waals surface area contributed by atoms with Crippen molar-refractivity contribution >= 4 is 21.6 Å². The molecule has 4 heteroatoms. The van der Waals surface area contributed by atoms with Gasteiger partial charge in [-0.3, -0.25) is 0 Å². The fraction of sp³-hybridized carbons (Fsp3) is 0.250. The standard InChI is InChI=1S/C16H18BrNO2/c1-11-4-6-15(19-2)12(8-11)10-18-13-5-7-16(20-3)14(17)9-13/h4-9,18H,10H2,1-3H3. The quantitative estimate of drug-likeness (QED) is 0.879. The molecular formula is C16H18BrNO2. The Morgan fingerprint density at radius 1 is 1.00 bits per heavy atom. The van der Waals surface area contributed by atoms with Crippen LogP contribution < -0.4 is 14.8 Å².